The molecule has 9 heteroatoms. The molecule has 3 heterocycles. The minimum absolute atomic E-state index is 0.170. The minimum atomic E-state index is -0.986. The van der Waals surface area contributed by atoms with Gasteiger partial charge in [-0.15, -0.1) is 11.3 Å². The van der Waals surface area contributed by atoms with E-state index in [0.29, 0.717) is 13.1 Å². The maximum Gasteiger partial charge on any atom is 0.221 e. The molecule has 1 saturated heterocycles. The van der Waals surface area contributed by atoms with Crippen molar-refractivity contribution in [2.24, 2.45) is 16.6 Å². The van der Waals surface area contributed by atoms with Crippen molar-refractivity contribution in [3.05, 3.63) is 46.5 Å². The van der Waals surface area contributed by atoms with Gasteiger partial charge in [-0.3, -0.25) is 9.79 Å². The van der Waals surface area contributed by atoms with Crippen molar-refractivity contribution in [2.45, 2.75) is 43.0 Å². The lowest BCUT2D eigenvalue weighted by atomic mass is 9.80. The number of amidine groups is 1. The molecule has 1 amide bonds. The van der Waals surface area contributed by atoms with Crippen molar-refractivity contribution < 1.29 is 19.4 Å². The zero-order valence-corrected chi connectivity index (χ0v) is 16.1. The molecule has 1 aliphatic carbocycles. The fourth-order valence-corrected chi connectivity index (χ4v) is 5.99. The molecule has 1 saturated carbocycles. The summed E-state index contributed by atoms with van der Waals surface area (Å²) in [5, 5.41) is 23.5. The molecule has 1 aliphatic heterocycles. The second-order valence-corrected chi connectivity index (χ2v) is 8.94. The molecule has 0 bridgehead atoms. The smallest absolute Gasteiger partial charge is 0.221 e. The van der Waals surface area contributed by atoms with Crippen molar-refractivity contribution in [3.8, 4) is 0 Å². The first-order chi connectivity index (χ1) is 13.0. The van der Waals surface area contributed by atoms with E-state index >= 15 is 0 Å². The second-order valence-electron chi connectivity index (χ2n) is 6.76. The van der Waals surface area contributed by atoms with E-state index in [0.717, 1.165) is 15.8 Å². The second kappa shape index (κ2) is 7.67. The molecule has 7 nitrogen and oxygen atoms in total. The molecule has 27 heavy (non-hydrogen) atoms. The fourth-order valence-electron chi connectivity index (χ4n) is 3.72. The van der Waals surface area contributed by atoms with Crippen LogP contribution in [0.4, 0.5) is 0 Å². The van der Waals surface area contributed by atoms with Crippen LogP contribution in [0.3, 0.4) is 0 Å². The summed E-state index contributed by atoms with van der Waals surface area (Å²) in [5.41, 5.74) is 5.59. The van der Waals surface area contributed by atoms with Gasteiger partial charge in [-0.2, -0.15) is 0 Å². The summed E-state index contributed by atoms with van der Waals surface area (Å²) in [6.45, 7) is 0.924. The summed E-state index contributed by atoms with van der Waals surface area (Å²) < 4.78 is 5.35. The number of primary amides is 1. The van der Waals surface area contributed by atoms with Gasteiger partial charge in [-0.05, 0) is 30.0 Å². The van der Waals surface area contributed by atoms with Crippen LogP contribution >= 0.6 is 23.1 Å². The summed E-state index contributed by atoms with van der Waals surface area (Å²) in [7, 11) is 0. The highest BCUT2D eigenvalue weighted by atomic mass is 32.2. The molecule has 0 spiro atoms. The van der Waals surface area contributed by atoms with Crippen LogP contribution in [0.25, 0.3) is 0 Å². The lowest BCUT2D eigenvalue weighted by Gasteiger charge is -2.41. The number of amides is 1. The van der Waals surface area contributed by atoms with E-state index in [1.807, 2.05) is 34.5 Å². The van der Waals surface area contributed by atoms with Crippen molar-refractivity contribution >= 4 is 34.2 Å². The summed E-state index contributed by atoms with van der Waals surface area (Å²) in [6.07, 6.45) is -0.179. The molecule has 2 aromatic heterocycles. The molecule has 144 valence electrons. The van der Waals surface area contributed by atoms with E-state index in [1.54, 1.807) is 17.6 Å². The Labute approximate surface area is 164 Å². The van der Waals surface area contributed by atoms with E-state index in [-0.39, 0.29) is 11.7 Å². The third-order valence-corrected chi connectivity index (χ3v) is 7.36. The fraction of sp³-hybridized carbons (Fsp3) is 0.444. The standard InChI is InChI=1S/C18H21N3O4S2/c19-17(24)12-7-13(22)15(23)14-16(12)27-18(20-8-10-3-1-5-25-10)21(14)9-11-4-2-6-26-11/h1-6,12-16,22-23H,7-9H2,(H2,19,24)/t12-,13+,14-,15-,16+/m0/s1. The van der Waals surface area contributed by atoms with Gasteiger partial charge < -0.3 is 25.3 Å². The number of rotatable bonds is 5. The predicted molar refractivity (Wildman–Crippen MR) is 104 cm³/mol. The van der Waals surface area contributed by atoms with Gasteiger partial charge in [0.2, 0.25) is 5.91 Å². The van der Waals surface area contributed by atoms with Crippen molar-refractivity contribution in [1.82, 2.24) is 4.90 Å². The molecule has 0 radical (unpaired) electrons. The number of furan rings is 1. The Morgan fingerprint density at radius 1 is 1.37 bits per heavy atom. The van der Waals surface area contributed by atoms with Gasteiger partial charge in [0.25, 0.3) is 0 Å². The average Bonchev–Trinajstić information content (AvgIpc) is 3.38. The van der Waals surface area contributed by atoms with Gasteiger partial charge in [0.15, 0.2) is 5.17 Å². The summed E-state index contributed by atoms with van der Waals surface area (Å²) >= 11 is 3.07. The van der Waals surface area contributed by atoms with Gasteiger partial charge in [0.05, 0.1) is 37.4 Å². The Bertz CT molecular complexity index is 809. The number of nitrogens with zero attached hydrogens (tertiary/aromatic N) is 2. The number of fused-ring (bicyclic) bond motifs is 1. The lowest BCUT2D eigenvalue weighted by Crippen LogP contribution is -2.58. The monoisotopic (exact) mass is 407 g/mol. The minimum Gasteiger partial charge on any atom is -0.467 e. The quantitative estimate of drug-likeness (QED) is 0.691. The Balaban J connectivity index is 1.66. The summed E-state index contributed by atoms with van der Waals surface area (Å²) in [4.78, 5) is 19.8. The maximum absolute atomic E-state index is 12.0. The summed E-state index contributed by atoms with van der Waals surface area (Å²) in [6, 6.07) is 7.23. The predicted octanol–water partition coefficient (Wildman–Crippen LogP) is 1.41. The molecule has 0 unspecified atom stereocenters. The van der Waals surface area contributed by atoms with E-state index in [9.17, 15) is 15.0 Å². The Hall–Kier alpha value is -1.81. The normalized spacial score (nSPS) is 32.0. The van der Waals surface area contributed by atoms with E-state index in [1.165, 1.54) is 11.8 Å². The molecular formula is C18H21N3O4S2. The van der Waals surface area contributed by atoms with Crippen LogP contribution in [0.1, 0.15) is 17.1 Å². The number of hydrogen-bond acceptors (Lipinski definition) is 7. The molecule has 2 fully saturated rings. The molecule has 0 aromatic carbocycles. The first-order valence-electron chi connectivity index (χ1n) is 8.72. The van der Waals surface area contributed by atoms with Gasteiger partial charge in [0.1, 0.15) is 11.9 Å². The van der Waals surface area contributed by atoms with Gasteiger partial charge >= 0.3 is 0 Å². The first kappa shape index (κ1) is 18.5. The number of carbonyl (C=O) groups excluding carboxylic acids is 1. The van der Waals surface area contributed by atoms with Crippen LogP contribution in [-0.4, -0.2) is 49.7 Å². The van der Waals surface area contributed by atoms with Crippen LogP contribution in [0.15, 0.2) is 45.3 Å². The van der Waals surface area contributed by atoms with Crippen LogP contribution in [0, 0.1) is 5.92 Å². The van der Waals surface area contributed by atoms with Gasteiger partial charge in [-0.25, -0.2) is 0 Å². The molecular weight excluding hydrogens is 386 g/mol. The van der Waals surface area contributed by atoms with E-state index in [4.69, 9.17) is 10.2 Å². The van der Waals surface area contributed by atoms with Crippen LogP contribution in [0.2, 0.25) is 0 Å². The molecule has 2 aromatic rings. The lowest BCUT2D eigenvalue weighted by molar-refractivity contribution is -0.128. The molecule has 5 atom stereocenters. The molecule has 4 rings (SSSR count). The topological polar surface area (TPSA) is 112 Å². The number of hydrogen-bond donors (Lipinski definition) is 3. The largest absolute Gasteiger partial charge is 0.467 e. The van der Waals surface area contributed by atoms with Crippen LogP contribution in [-0.2, 0) is 17.9 Å². The van der Waals surface area contributed by atoms with Crippen molar-refractivity contribution in [3.63, 3.8) is 0 Å². The number of aliphatic hydroxyl groups is 2. The number of thiophene rings is 1. The first-order valence-corrected chi connectivity index (χ1v) is 10.5. The zero-order valence-electron chi connectivity index (χ0n) is 14.5. The van der Waals surface area contributed by atoms with Crippen LogP contribution < -0.4 is 5.73 Å². The molecule has 4 N–H and O–H groups in total. The van der Waals surface area contributed by atoms with Gasteiger partial charge in [-0.1, -0.05) is 17.8 Å². The third kappa shape index (κ3) is 3.64. The summed E-state index contributed by atoms with van der Waals surface area (Å²) in [5.74, 6) is -0.228. The van der Waals surface area contributed by atoms with Crippen LogP contribution in [0.5, 0.6) is 0 Å². The van der Waals surface area contributed by atoms with Gasteiger partial charge in [0, 0.05) is 10.1 Å². The average molecular weight is 408 g/mol. The highest BCUT2D eigenvalue weighted by Gasteiger charge is 2.54. The van der Waals surface area contributed by atoms with Crippen molar-refractivity contribution in [2.75, 3.05) is 0 Å². The number of aliphatic imine (C=N–C) groups is 1. The number of nitrogens with two attached hydrogens (primary N) is 1. The highest BCUT2D eigenvalue weighted by Crippen LogP contribution is 2.44. The highest BCUT2D eigenvalue weighted by molar-refractivity contribution is 8.14. The maximum atomic E-state index is 12.0. The zero-order chi connectivity index (χ0) is 19.0. The van der Waals surface area contributed by atoms with E-state index in [2.05, 4.69) is 4.99 Å². The SMILES string of the molecule is NC(=O)[C@H]1C[C@@H](O)[C@H](O)[C@H]2[C@@H]1SC(=NCc1ccco1)N2Cc1cccs1. The number of carbonyl (C=O) groups is 1. The van der Waals surface area contributed by atoms with Crippen molar-refractivity contribution in [1.29, 1.82) is 0 Å². The number of aliphatic hydroxyl groups excluding tert-OH is 2. The third-order valence-electron chi connectivity index (χ3n) is 5.04. The van der Waals surface area contributed by atoms with E-state index < -0.39 is 30.1 Å². The Morgan fingerprint density at radius 2 is 2.22 bits per heavy atom. The Morgan fingerprint density at radius 3 is 2.89 bits per heavy atom. The Kier molecular flexibility index (Phi) is 5.27. The molecule has 2 aliphatic rings. The number of thioether (sulfide) groups is 1.